The van der Waals surface area contributed by atoms with Crippen molar-refractivity contribution in [2.45, 2.75) is 37.8 Å². The Balaban J connectivity index is 1.92. The molecule has 82 valence electrons. The summed E-state index contributed by atoms with van der Waals surface area (Å²) in [6.07, 6.45) is 2.42. The molecule has 3 rings (SSSR count). The lowest BCUT2D eigenvalue weighted by molar-refractivity contribution is 0.128. The molecular formula is C10H15N3O2. The summed E-state index contributed by atoms with van der Waals surface area (Å²) in [4.78, 5) is 0. The molecule has 5 nitrogen and oxygen atoms in total. The first-order chi connectivity index (χ1) is 7.34. The van der Waals surface area contributed by atoms with Crippen molar-refractivity contribution in [2.24, 2.45) is 0 Å². The highest BCUT2D eigenvalue weighted by Crippen LogP contribution is 2.26. The van der Waals surface area contributed by atoms with E-state index < -0.39 is 0 Å². The zero-order valence-corrected chi connectivity index (χ0v) is 8.59. The van der Waals surface area contributed by atoms with Crippen molar-refractivity contribution in [1.29, 1.82) is 0 Å². The van der Waals surface area contributed by atoms with Gasteiger partial charge in [0.15, 0.2) is 0 Å². The number of aromatic nitrogens is 3. The monoisotopic (exact) mass is 209 g/mol. The summed E-state index contributed by atoms with van der Waals surface area (Å²) >= 11 is 0. The van der Waals surface area contributed by atoms with Gasteiger partial charge in [0.2, 0.25) is 0 Å². The number of aliphatic hydroxyl groups excluding tert-OH is 1. The molecule has 15 heavy (non-hydrogen) atoms. The molecule has 0 aliphatic carbocycles. The van der Waals surface area contributed by atoms with E-state index >= 15 is 0 Å². The number of hydrogen-bond acceptors (Lipinski definition) is 4. The fourth-order valence-electron chi connectivity index (χ4n) is 2.37. The summed E-state index contributed by atoms with van der Waals surface area (Å²) in [6, 6.07) is 0. The molecule has 0 bridgehead atoms. The molecule has 1 aromatic rings. The Kier molecular flexibility index (Phi) is 2.21. The maximum Gasteiger partial charge on any atom is 0.138 e. The standard InChI is InChI=1S/C10H15N3O2/c14-8-1-2-9-11-12-10(13(9)5-8)7-3-4-15-6-7/h7-8,14H,1-6H2. The molecule has 1 N–H and O–H groups in total. The van der Waals surface area contributed by atoms with Crippen LogP contribution in [-0.2, 0) is 17.7 Å². The van der Waals surface area contributed by atoms with Crippen LogP contribution in [0, 0.1) is 0 Å². The quantitative estimate of drug-likeness (QED) is 0.712. The second-order valence-electron chi connectivity index (χ2n) is 4.34. The van der Waals surface area contributed by atoms with Crippen molar-refractivity contribution in [2.75, 3.05) is 13.2 Å². The summed E-state index contributed by atoms with van der Waals surface area (Å²) in [7, 11) is 0. The van der Waals surface area contributed by atoms with Gasteiger partial charge in [-0.1, -0.05) is 0 Å². The number of aliphatic hydroxyl groups is 1. The number of ether oxygens (including phenoxy) is 1. The van der Waals surface area contributed by atoms with Crippen LogP contribution in [0.25, 0.3) is 0 Å². The molecule has 1 saturated heterocycles. The molecule has 2 aliphatic rings. The minimum absolute atomic E-state index is 0.241. The van der Waals surface area contributed by atoms with Gasteiger partial charge in [-0.3, -0.25) is 0 Å². The number of hydrogen-bond donors (Lipinski definition) is 1. The average Bonchev–Trinajstić information content (AvgIpc) is 2.83. The van der Waals surface area contributed by atoms with Gasteiger partial charge in [0.05, 0.1) is 19.3 Å². The van der Waals surface area contributed by atoms with Crippen LogP contribution >= 0.6 is 0 Å². The Morgan fingerprint density at radius 2 is 2.27 bits per heavy atom. The first-order valence-electron chi connectivity index (χ1n) is 5.52. The molecule has 5 heteroatoms. The van der Waals surface area contributed by atoms with Crippen molar-refractivity contribution in [3.05, 3.63) is 11.6 Å². The lowest BCUT2D eigenvalue weighted by atomic mass is 10.1. The van der Waals surface area contributed by atoms with Crippen LogP contribution in [0.4, 0.5) is 0 Å². The Hall–Kier alpha value is -0.940. The largest absolute Gasteiger partial charge is 0.391 e. The minimum atomic E-state index is -0.241. The molecular weight excluding hydrogens is 194 g/mol. The molecule has 0 saturated carbocycles. The highest BCUT2D eigenvalue weighted by molar-refractivity contribution is 5.06. The van der Waals surface area contributed by atoms with Gasteiger partial charge in [0.25, 0.3) is 0 Å². The second-order valence-corrected chi connectivity index (χ2v) is 4.34. The van der Waals surface area contributed by atoms with Gasteiger partial charge >= 0.3 is 0 Å². The van der Waals surface area contributed by atoms with Crippen molar-refractivity contribution in [3.63, 3.8) is 0 Å². The zero-order valence-electron chi connectivity index (χ0n) is 8.59. The summed E-state index contributed by atoms with van der Waals surface area (Å²) in [5.74, 6) is 2.39. The van der Waals surface area contributed by atoms with Crippen molar-refractivity contribution in [1.82, 2.24) is 14.8 Å². The van der Waals surface area contributed by atoms with Gasteiger partial charge in [0.1, 0.15) is 11.6 Å². The lowest BCUT2D eigenvalue weighted by Gasteiger charge is -2.21. The Bertz CT molecular complexity index is 358. The molecule has 2 unspecified atom stereocenters. The van der Waals surface area contributed by atoms with Crippen LogP contribution in [-0.4, -0.2) is 39.2 Å². The lowest BCUT2D eigenvalue weighted by Crippen LogP contribution is -2.26. The summed E-state index contributed by atoms with van der Waals surface area (Å²) in [5, 5.41) is 18.1. The van der Waals surface area contributed by atoms with E-state index in [-0.39, 0.29) is 6.10 Å². The van der Waals surface area contributed by atoms with Gasteiger partial charge < -0.3 is 14.4 Å². The van der Waals surface area contributed by atoms with E-state index in [4.69, 9.17) is 4.74 Å². The summed E-state index contributed by atoms with van der Waals surface area (Å²) < 4.78 is 7.43. The Labute approximate surface area is 88.1 Å². The molecule has 2 atom stereocenters. The molecule has 1 aromatic heterocycles. The van der Waals surface area contributed by atoms with E-state index in [1.165, 1.54) is 0 Å². The summed E-state index contributed by atoms with van der Waals surface area (Å²) in [6.45, 7) is 2.21. The van der Waals surface area contributed by atoms with Crippen molar-refractivity contribution in [3.8, 4) is 0 Å². The predicted octanol–water partition coefficient (Wildman–Crippen LogP) is 0.0891. The molecule has 0 radical (unpaired) electrons. The van der Waals surface area contributed by atoms with Gasteiger partial charge in [-0.2, -0.15) is 0 Å². The highest BCUT2D eigenvalue weighted by Gasteiger charge is 2.28. The first kappa shape index (κ1) is 9.30. The Morgan fingerprint density at radius 1 is 1.33 bits per heavy atom. The van der Waals surface area contributed by atoms with E-state index in [2.05, 4.69) is 14.8 Å². The van der Waals surface area contributed by atoms with E-state index in [1.54, 1.807) is 0 Å². The van der Waals surface area contributed by atoms with Gasteiger partial charge in [0, 0.05) is 18.9 Å². The first-order valence-corrected chi connectivity index (χ1v) is 5.52. The van der Waals surface area contributed by atoms with Crippen LogP contribution in [0.2, 0.25) is 0 Å². The van der Waals surface area contributed by atoms with Crippen LogP contribution < -0.4 is 0 Å². The molecule has 1 fully saturated rings. The maximum atomic E-state index is 9.63. The fraction of sp³-hybridized carbons (Fsp3) is 0.800. The van der Waals surface area contributed by atoms with E-state index in [0.717, 1.165) is 44.1 Å². The topological polar surface area (TPSA) is 60.2 Å². The predicted molar refractivity (Wildman–Crippen MR) is 52.5 cm³/mol. The number of fused-ring (bicyclic) bond motifs is 1. The number of aryl methyl sites for hydroxylation is 1. The van der Waals surface area contributed by atoms with Gasteiger partial charge in [-0.25, -0.2) is 0 Å². The minimum Gasteiger partial charge on any atom is -0.391 e. The smallest absolute Gasteiger partial charge is 0.138 e. The van der Waals surface area contributed by atoms with Crippen molar-refractivity contribution < 1.29 is 9.84 Å². The molecule has 0 spiro atoms. The Morgan fingerprint density at radius 3 is 3.07 bits per heavy atom. The summed E-state index contributed by atoms with van der Waals surface area (Å²) in [5.41, 5.74) is 0. The third kappa shape index (κ3) is 1.55. The third-order valence-electron chi connectivity index (χ3n) is 3.25. The van der Waals surface area contributed by atoms with Gasteiger partial charge in [-0.15, -0.1) is 10.2 Å². The third-order valence-corrected chi connectivity index (χ3v) is 3.25. The van der Waals surface area contributed by atoms with Crippen LogP contribution in [0.15, 0.2) is 0 Å². The van der Waals surface area contributed by atoms with Crippen LogP contribution in [0.3, 0.4) is 0 Å². The second kappa shape index (κ2) is 3.57. The highest BCUT2D eigenvalue weighted by atomic mass is 16.5. The average molecular weight is 209 g/mol. The number of nitrogens with zero attached hydrogens (tertiary/aromatic N) is 3. The normalized spacial score (nSPS) is 30.5. The SMILES string of the molecule is OC1CCc2nnc(C3CCOC3)n2C1. The molecule has 0 aromatic carbocycles. The van der Waals surface area contributed by atoms with E-state index in [1.807, 2.05) is 0 Å². The molecule has 0 amide bonds. The van der Waals surface area contributed by atoms with Crippen LogP contribution in [0.1, 0.15) is 30.4 Å². The van der Waals surface area contributed by atoms with E-state index in [0.29, 0.717) is 12.5 Å². The zero-order chi connectivity index (χ0) is 10.3. The van der Waals surface area contributed by atoms with E-state index in [9.17, 15) is 5.11 Å². The number of rotatable bonds is 1. The molecule has 2 aliphatic heterocycles. The maximum absolute atomic E-state index is 9.63. The fourth-order valence-corrected chi connectivity index (χ4v) is 2.37. The van der Waals surface area contributed by atoms with Gasteiger partial charge in [-0.05, 0) is 12.8 Å². The van der Waals surface area contributed by atoms with Crippen LogP contribution in [0.5, 0.6) is 0 Å². The van der Waals surface area contributed by atoms with Crippen molar-refractivity contribution >= 4 is 0 Å². The molecule has 3 heterocycles.